The lowest BCUT2D eigenvalue weighted by atomic mass is 9.74. The van der Waals surface area contributed by atoms with E-state index in [-0.39, 0.29) is 5.41 Å². The van der Waals surface area contributed by atoms with Crippen molar-refractivity contribution in [1.82, 2.24) is 4.90 Å². The van der Waals surface area contributed by atoms with E-state index in [1.54, 1.807) is 22.3 Å². The van der Waals surface area contributed by atoms with Gasteiger partial charge in [0.2, 0.25) is 0 Å². The summed E-state index contributed by atoms with van der Waals surface area (Å²) in [5.74, 6) is 0.606. The second-order valence-corrected chi connectivity index (χ2v) is 7.63. The highest BCUT2D eigenvalue weighted by molar-refractivity contribution is 5.62. The first-order valence-corrected chi connectivity index (χ1v) is 8.95. The van der Waals surface area contributed by atoms with Crippen LogP contribution < -0.4 is 5.73 Å². The summed E-state index contributed by atoms with van der Waals surface area (Å²) >= 11 is 0. The monoisotopic (exact) mass is 304 g/mol. The molecule has 2 nitrogen and oxygen atoms in total. The van der Waals surface area contributed by atoms with Crippen LogP contribution in [0.1, 0.15) is 47.4 Å². The summed E-state index contributed by atoms with van der Waals surface area (Å²) in [6, 6.07) is 18.7. The molecule has 1 heterocycles. The van der Waals surface area contributed by atoms with Crippen LogP contribution in [0.2, 0.25) is 0 Å². The number of hydrogen-bond acceptors (Lipinski definition) is 2. The van der Waals surface area contributed by atoms with E-state index < -0.39 is 0 Å². The number of rotatable bonds is 2. The Bertz CT molecular complexity index is 696. The third-order valence-corrected chi connectivity index (χ3v) is 6.38. The molecule has 0 aromatic heterocycles. The van der Waals surface area contributed by atoms with Gasteiger partial charge in [0.05, 0.1) is 0 Å². The fraction of sp³-hybridized carbons (Fsp3) is 0.429. The van der Waals surface area contributed by atoms with Crippen molar-refractivity contribution in [3.05, 3.63) is 70.8 Å². The Morgan fingerprint density at radius 3 is 2.09 bits per heavy atom. The van der Waals surface area contributed by atoms with Gasteiger partial charge in [-0.2, -0.15) is 0 Å². The van der Waals surface area contributed by atoms with E-state index in [0.29, 0.717) is 12.0 Å². The first-order valence-electron chi connectivity index (χ1n) is 8.95. The number of benzene rings is 2. The van der Waals surface area contributed by atoms with Crippen molar-refractivity contribution in [3.63, 3.8) is 0 Å². The topological polar surface area (TPSA) is 29.3 Å². The highest BCUT2D eigenvalue weighted by Gasteiger charge is 2.52. The molecule has 1 fully saturated rings. The molecule has 5 rings (SSSR count). The molecular formula is C21H24N2. The zero-order valence-corrected chi connectivity index (χ0v) is 13.5. The van der Waals surface area contributed by atoms with E-state index in [9.17, 15) is 0 Å². The molecule has 2 heteroatoms. The molecule has 2 N–H and O–H groups in total. The van der Waals surface area contributed by atoms with Gasteiger partial charge >= 0.3 is 0 Å². The van der Waals surface area contributed by atoms with Gasteiger partial charge in [-0.05, 0) is 54.6 Å². The molecule has 23 heavy (non-hydrogen) atoms. The van der Waals surface area contributed by atoms with Gasteiger partial charge in [0.25, 0.3) is 0 Å². The van der Waals surface area contributed by atoms with E-state index in [2.05, 4.69) is 53.4 Å². The minimum atomic E-state index is 0.208. The summed E-state index contributed by atoms with van der Waals surface area (Å²) in [5, 5.41) is 0. The number of nitrogens with zero attached hydrogens (tertiary/aromatic N) is 1. The van der Waals surface area contributed by atoms with Crippen LogP contribution in [-0.2, 0) is 5.41 Å². The van der Waals surface area contributed by atoms with Crippen LogP contribution >= 0.6 is 0 Å². The third kappa shape index (κ3) is 1.88. The lowest BCUT2D eigenvalue weighted by Gasteiger charge is -2.39. The average molecular weight is 304 g/mol. The Kier molecular flexibility index (Phi) is 2.95. The van der Waals surface area contributed by atoms with Crippen LogP contribution in [-0.4, -0.2) is 30.6 Å². The quantitative estimate of drug-likeness (QED) is 0.923. The van der Waals surface area contributed by atoms with Gasteiger partial charge in [-0.25, -0.2) is 0 Å². The number of hydrogen-bond donors (Lipinski definition) is 1. The van der Waals surface area contributed by atoms with Crippen molar-refractivity contribution < 1.29 is 0 Å². The van der Waals surface area contributed by atoms with Crippen molar-refractivity contribution in [2.45, 2.75) is 36.6 Å². The molecule has 0 saturated carbocycles. The number of likely N-dealkylation sites (tertiary alicyclic amines) is 1. The van der Waals surface area contributed by atoms with Gasteiger partial charge in [0, 0.05) is 23.9 Å². The van der Waals surface area contributed by atoms with E-state index in [1.807, 2.05) is 0 Å². The number of piperidine rings is 1. The van der Waals surface area contributed by atoms with Crippen molar-refractivity contribution in [1.29, 1.82) is 0 Å². The summed E-state index contributed by atoms with van der Waals surface area (Å²) < 4.78 is 0. The second kappa shape index (κ2) is 4.93. The number of fused-ring (bicyclic) bond motifs is 8. The van der Waals surface area contributed by atoms with E-state index >= 15 is 0 Å². The van der Waals surface area contributed by atoms with Gasteiger partial charge in [0.1, 0.15) is 0 Å². The molecule has 1 aliphatic heterocycles. The van der Waals surface area contributed by atoms with Crippen LogP contribution in [0.15, 0.2) is 48.5 Å². The van der Waals surface area contributed by atoms with Crippen LogP contribution in [0, 0.1) is 0 Å². The van der Waals surface area contributed by atoms with E-state index in [4.69, 9.17) is 5.73 Å². The molecule has 2 bridgehead atoms. The highest BCUT2D eigenvalue weighted by atomic mass is 15.1. The van der Waals surface area contributed by atoms with Gasteiger partial charge in [-0.15, -0.1) is 0 Å². The van der Waals surface area contributed by atoms with Crippen LogP contribution in [0.3, 0.4) is 0 Å². The summed E-state index contributed by atoms with van der Waals surface area (Å²) in [4.78, 5) is 2.66. The molecule has 0 radical (unpaired) electrons. The SMILES string of the molecule is NC1CCN(CC23CC(c4ccccc42)c2ccccc23)CC1. The predicted molar refractivity (Wildman–Crippen MR) is 93.8 cm³/mol. The Balaban J connectivity index is 1.59. The molecule has 0 unspecified atom stereocenters. The largest absolute Gasteiger partial charge is 0.328 e. The fourth-order valence-electron chi connectivity index (χ4n) is 5.30. The normalized spacial score (nSPS) is 29.5. The Morgan fingerprint density at radius 1 is 0.913 bits per heavy atom. The standard InChI is InChI=1S/C21H24N2/c22-15-9-11-23(12-10-15)14-21-13-18(16-5-1-3-7-19(16)21)17-6-2-4-8-20(17)21/h1-8,15,18H,9-14,22H2. The van der Waals surface area contributed by atoms with Gasteiger partial charge in [-0.1, -0.05) is 48.5 Å². The average Bonchev–Trinajstić information content (AvgIpc) is 3.10. The summed E-state index contributed by atoms with van der Waals surface area (Å²) in [6.45, 7) is 3.46. The van der Waals surface area contributed by atoms with Crippen molar-refractivity contribution >= 4 is 0 Å². The zero-order valence-electron chi connectivity index (χ0n) is 13.5. The van der Waals surface area contributed by atoms with E-state index in [0.717, 1.165) is 32.5 Å². The molecule has 2 aromatic carbocycles. The van der Waals surface area contributed by atoms with E-state index in [1.165, 1.54) is 6.42 Å². The van der Waals surface area contributed by atoms with Crippen molar-refractivity contribution in [2.75, 3.05) is 19.6 Å². The minimum Gasteiger partial charge on any atom is -0.328 e. The minimum absolute atomic E-state index is 0.208. The molecule has 118 valence electrons. The smallest absolute Gasteiger partial charge is 0.0344 e. The summed E-state index contributed by atoms with van der Waals surface area (Å²) in [7, 11) is 0. The maximum atomic E-state index is 6.11. The third-order valence-electron chi connectivity index (χ3n) is 6.38. The number of nitrogens with two attached hydrogens (primary N) is 1. The molecule has 0 spiro atoms. The van der Waals surface area contributed by atoms with Crippen molar-refractivity contribution in [2.24, 2.45) is 5.73 Å². The molecule has 3 aliphatic rings. The maximum Gasteiger partial charge on any atom is 0.0344 e. The second-order valence-electron chi connectivity index (χ2n) is 7.63. The predicted octanol–water partition coefficient (Wildman–Crippen LogP) is 3.24. The molecular weight excluding hydrogens is 280 g/mol. The summed E-state index contributed by atoms with van der Waals surface area (Å²) in [5.41, 5.74) is 12.6. The first-order chi connectivity index (χ1) is 11.3. The van der Waals surface area contributed by atoms with Gasteiger partial charge < -0.3 is 10.6 Å². The Morgan fingerprint density at radius 2 is 1.48 bits per heavy atom. The van der Waals surface area contributed by atoms with Crippen LogP contribution in [0.25, 0.3) is 0 Å². The lowest BCUT2D eigenvalue weighted by Crippen LogP contribution is -2.46. The maximum absolute atomic E-state index is 6.11. The first kappa shape index (κ1) is 13.8. The van der Waals surface area contributed by atoms with Gasteiger partial charge in [-0.3, -0.25) is 0 Å². The summed E-state index contributed by atoms with van der Waals surface area (Å²) in [6.07, 6.45) is 3.54. The molecule has 2 aliphatic carbocycles. The zero-order chi connectivity index (χ0) is 15.4. The van der Waals surface area contributed by atoms with Crippen LogP contribution in [0.5, 0.6) is 0 Å². The molecule has 0 amide bonds. The fourth-order valence-corrected chi connectivity index (χ4v) is 5.30. The Labute approximate surface area is 138 Å². The molecule has 1 saturated heterocycles. The van der Waals surface area contributed by atoms with Crippen molar-refractivity contribution in [3.8, 4) is 0 Å². The lowest BCUT2D eigenvalue weighted by molar-refractivity contribution is 0.181. The molecule has 0 atom stereocenters. The Hall–Kier alpha value is -1.64. The van der Waals surface area contributed by atoms with Crippen LogP contribution in [0.4, 0.5) is 0 Å². The van der Waals surface area contributed by atoms with Gasteiger partial charge in [0.15, 0.2) is 0 Å². The highest BCUT2D eigenvalue weighted by Crippen LogP contribution is 2.60. The molecule has 2 aromatic rings.